The molecule has 26 heavy (non-hydrogen) atoms. The second kappa shape index (κ2) is 9.16. The van der Waals surface area contributed by atoms with Crippen LogP contribution < -0.4 is 10.9 Å². The van der Waals surface area contributed by atoms with Gasteiger partial charge >= 0.3 is 0 Å². The Labute approximate surface area is 155 Å². The fourth-order valence-corrected chi connectivity index (χ4v) is 3.05. The highest BCUT2D eigenvalue weighted by atomic mass is 16.1. The predicted molar refractivity (Wildman–Crippen MR) is 107 cm³/mol. The zero-order chi connectivity index (χ0) is 18.2. The van der Waals surface area contributed by atoms with Crippen LogP contribution in [0.3, 0.4) is 0 Å². The molecule has 0 bridgehead atoms. The van der Waals surface area contributed by atoms with E-state index in [2.05, 4.69) is 66.8 Å². The van der Waals surface area contributed by atoms with Crippen LogP contribution in [0.1, 0.15) is 36.0 Å². The molecule has 2 aromatic carbocycles. The van der Waals surface area contributed by atoms with Crippen molar-refractivity contribution in [3.05, 3.63) is 106 Å². The summed E-state index contributed by atoms with van der Waals surface area (Å²) in [5.74, 6) is 0.565. The SMILES string of the molecule is CC(CCNCc1ccc(Cn2ccccc2=O)cc1)c1ccccc1. The number of hydrogen-bond donors (Lipinski definition) is 1. The van der Waals surface area contributed by atoms with Gasteiger partial charge in [-0.25, -0.2) is 0 Å². The maximum Gasteiger partial charge on any atom is 0.250 e. The number of nitrogens with one attached hydrogen (secondary N) is 1. The number of pyridine rings is 1. The van der Waals surface area contributed by atoms with Gasteiger partial charge in [-0.05, 0) is 41.6 Å². The van der Waals surface area contributed by atoms with E-state index >= 15 is 0 Å². The summed E-state index contributed by atoms with van der Waals surface area (Å²) in [7, 11) is 0. The fraction of sp³-hybridized carbons (Fsp3) is 0.261. The highest BCUT2D eigenvalue weighted by molar-refractivity contribution is 5.23. The molecule has 3 aromatic rings. The molecule has 0 aliphatic carbocycles. The van der Waals surface area contributed by atoms with Crippen molar-refractivity contribution in [3.8, 4) is 0 Å². The molecule has 0 amide bonds. The molecular formula is C23H26N2O. The van der Waals surface area contributed by atoms with E-state index in [4.69, 9.17) is 0 Å². The molecule has 1 heterocycles. The summed E-state index contributed by atoms with van der Waals surface area (Å²) < 4.78 is 1.72. The number of hydrogen-bond acceptors (Lipinski definition) is 2. The first-order valence-electron chi connectivity index (χ1n) is 9.21. The second-order valence-corrected chi connectivity index (χ2v) is 6.76. The molecule has 0 saturated carbocycles. The van der Waals surface area contributed by atoms with Crippen LogP contribution in [-0.4, -0.2) is 11.1 Å². The Morgan fingerprint density at radius 1 is 0.885 bits per heavy atom. The molecule has 0 saturated heterocycles. The topological polar surface area (TPSA) is 34.0 Å². The first-order chi connectivity index (χ1) is 12.7. The van der Waals surface area contributed by atoms with Crippen molar-refractivity contribution < 1.29 is 0 Å². The van der Waals surface area contributed by atoms with Crippen LogP contribution in [0.5, 0.6) is 0 Å². The molecule has 134 valence electrons. The number of rotatable bonds is 8. The minimum atomic E-state index is 0.0331. The summed E-state index contributed by atoms with van der Waals surface area (Å²) in [6, 6.07) is 24.4. The van der Waals surface area contributed by atoms with Gasteiger partial charge in [0.1, 0.15) is 0 Å². The second-order valence-electron chi connectivity index (χ2n) is 6.76. The summed E-state index contributed by atoms with van der Waals surface area (Å²) >= 11 is 0. The summed E-state index contributed by atoms with van der Waals surface area (Å²) in [5.41, 5.74) is 3.84. The van der Waals surface area contributed by atoms with E-state index in [1.165, 1.54) is 11.1 Å². The molecule has 0 fully saturated rings. The minimum Gasteiger partial charge on any atom is -0.313 e. The van der Waals surface area contributed by atoms with Crippen molar-refractivity contribution in [2.24, 2.45) is 0 Å². The highest BCUT2D eigenvalue weighted by Crippen LogP contribution is 2.17. The van der Waals surface area contributed by atoms with Crippen LogP contribution in [0.4, 0.5) is 0 Å². The smallest absolute Gasteiger partial charge is 0.250 e. The van der Waals surface area contributed by atoms with Crippen molar-refractivity contribution in [3.63, 3.8) is 0 Å². The van der Waals surface area contributed by atoms with Crippen LogP contribution in [0, 0.1) is 0 Å². The largest absolute Gasteiger partial charge is 0.313 e. The molecule has 1 atom stereocenters. The lowest BCUT2D eigenvalue weighted by Crippen LogP contribution is -2.18. The Bertz CT molecular complexity index is 853. The third-order valence-electron chi connectivity index (χ3n) is 4.73. The van der Waals surface area contributed by atoms with Gasteiger partial charge in [0.25, 0.3) is 5.56 Å². The van der Waals surface area contributed by atoms with Gasteiger partial charge in [0, 0.05) is 18.8 Å². The Hall–Kier alpha value is -2.65. The van der Waals surface area contributed by atoms with Crippen molar-refractivity contribution in [2.45, 2.75) is 32.4 Å². The molecule has 1 unspecified atom stereocenters. The average Bonchev–Trinajstić information content (AvgIpc) is 2.69. The Balaban J connectivity index is 1.44. The molecule has 1 N–H and O–H groups in total. The summed E-state index contributed by atoms with van der Waals surface area (Å²) in [5, 5.41) is 3.53. The quantitative estimate of drug-likeness (QED) is 0.621. The molecule has 0 spiro atoms. The van der Waals surface area contributed by atoms with Gasteiger partial charge in [-0.3, -0.25) is 4.79 Å². The Kier molecular flexibility index (Phi) is 6.39. The monoisotopic (exact) mass is 346 g/mol. The highest BCUT2D eigenvalue weighted by Gasteiger charge is 2.04. The molecule has 3 rings (SSSR count). The van der Waals surface area contributed by atoms with Gasteiger partial charge in [-0.2, -0.15) is 0 Å². The zero-order valence-electron chi connectivity index (χ0n) is 15.3. The van der Waals surface area contributed by atoms with Gasteiger partial charge in [-0.15, -0.1) is 0 Å². The normalized spacial score (nSPS) is 12.0. The molecule has 0 aliphatic rings. The standard InChI is InChI=1S/C23H26N2O/c1-19(22-7-3-2-4-8-22)14-15-24-17-20-10-12-21(13-11-20)18-25-16-6-5-9-23(25)26/h2-13,16,19,24H,14-15,17-18H2,1H3. The van der Waals surface area contributed by atoms with E-state index in [9.17, 15) is 4.79 Å². The van der Waals surface area contributed by atoms with E-state index in [0.29, 0.717) is 12.5 Å². The number of aromatic nitrogens is 1. The van der Waals surface area contributed by atoms with Crippen LogP contribution in [0.15, 0.2) is 83.8 Å². The predicted octanol–water partition coefficient (Wildman–Crippen LogP) is 4.18. The average molecular weight is 346 g/mol. The van der Waals surface area contributed by atoms with Crippen LogP contribution in [0.25, 0.3) is 0 Å². The lowest BCUT2D eigenvalue weighted by molar-refractivity contribution is 0.594. The lowest BCUT2D eigenvalue weighted by Gasteiger charge is -2.12. The van der Waals surface area contributed by atoms with E-state index < -0.39 is 0 Å². The third kappa shape index (κ3) is 5.17. The van der Waals surface area contributed by atoms with Crippen LogP contribution in [-0.2, 0) is 13.1 Å². The molecular weight excluding hydrogens is 320 g/mol. The minimum absolute atomic E-state index is 0.0331. The number of benzene rings is 2. The Morgan fingerprint density at radius 3 is 2.31 bits per heavy atom. The van der Waals surface area contributed by atoms with Gasteiger partial charge in [0.2, 0.25) is 0 Å². The lowest BCUT2D eigenvalue weighted by atomic mass is 9.98. The third-order valence-corrected chi connectivity index (χ3v) is 4.73. The van der Waals surface area contributed by atoms with Gasteiger partial charge in [0.15, 0.2) is 0 Å². The number of nitrogens with zero attached hydrogens (tertiary/aromatic N) is 1. The van der Waals surface area contributed by atoms with Crippen molar-refractivity contribution in [1.29, 1.82) is 0 Å². The van der Waals surface area contributed by atoms with Crippen molar-refractivity contribution in [1.82, 2.24) is 9.88 Å². The maximum absolute atomic E-state index is 11.8. The van der Waals surface area contributed by atoms with Crippen LogP contribution in [0.2, 0.25) is 0 Å². The first kappa shape index (κ1) is 18.2. The van der Waals surface area contributed by atoms with Crippen molar-refractivity contribution in [2.75, 3.05) is 6.54 Å². The molecule has 3 nitrogen and oxygen atoms in total. The van der Waals surface area contributed by atoms with E-state index in [-0.39, 0.29) is 5.56 Å². The molecule has 3 heteroatoms. The van der Waals surface area contributed by atoms with E-state index in [1.807, 2.05) is 12.3 Å². The van der Waals surface area contributed by atoms with Gasteiger partial charge in [-0.1, -0.05) is 67.6 Å². The summed E-state index contributed by atoms with van der Waals surface area (Å²) in [4.78, 5) is 11.8. The zero-order valence-corrected chi connectivity index (χ0v) is 15.3. The molecule has 0 radical (unpaired) electrons. The van der Waals surface area contributed by atoms with Crippen molar-refractivity contribution >= 4 is 0 Å². The summed E-state index contributed by atoms with van der Waals surface area (Å²) in [6.45, 7) is 4.75. The molecule has 0 aliphatic heterocycles. The van der Waals surface area contributed by atoms with Gasteiger partial charge < -0.3 is 9.88 Å². The van der Waals surface area contributed by atoms with Crippen LogP contribution >= 0.6 is 0 Å². The van der Waals surface area contributed by atoms with E-state index in [0.717, 1.165) is 25.1 Å². The van der Waals surface area contributed by atoms with E-state index in [1.54, 1.807) is 16.7 Å². The fourth-order valence-electron chi connectivity index (χ4n) is 3.05. The maximum atomic E-state index is 11.8. The first-order valence-corrected chi connectivity index (χ1v) is 9.21. The Morgan fingerprint density at radius 2 is 1.58 bits per heavy atom. The summed E-state index contributed by atoms with van der Waals surface area (Å²) in [6.07, 6.45) is 2.95. The van der Waals surface area contributed by atoms with Gasteiger partial charge in [0.05, 0.1) is 6.54 Å². The molecule has 1 aromatic heterocycles.